The third kappa shape index (κ3) is 2.40. The van der Waals surface area contributed by atoms with Gasteiger partial charge in [0.1, 0.15) is 9.92 Å². The van der Waals surface area contributed by atoms with Crippen molar-refractivity contribution in [1.82, 2.24) is 0 Å². The summed E-state index contributed by atoms with van der Waals surface area (Å²) in [7, 11) is 0.935. The molecule has 0 radical (unpaired) electrons. The molecule has 0 aliphatic heterocycles. The molecule has 0 N–H and O–H groups in total. The molecule has 0 unspecified atom stereocenters. The summed E-state index contributed by atoms with van der Waals surface area (Å²) in [5.41, 5.74) is -0.459. The van der Waals surface area contributed by atoms with Crippen molar-refractivity contribution >= 4 is 48.6 Å². The molecule has 0 heterocycles. The fourth-order valence-electron chi connectivity index (χ4n) is 1.03. The zero-order chi connectivity index (χ0) is 12.7. The van der Waals surface area contributed by atoms with E-state index in [0.717, 1.165) is 6.07 Å². The Kier molecular flexibility index (Phi) is 3.69. The molecular weight excluding hydrogens is 301 g/mol. The number of hydrogen-bond donors (Lipinski definition) is 0. The Bertz CT molecular complexity index is 569. The fourth-order valence-corrected chi connectivity index (χ4v) is 2.86. The van der Waals surface area contributed by atoms with E-state index < -0.39 is 24.6 Å². The lowest BCUT2D eigenvalue weighted by Crippen LogP contribution is -1.99. The van der Waals surface area contributed by atoms with Gasteiger partial charge in [-0.15, -0.1) is 0 Å². The minimum atomic E-state index is -4.15. The predicted molar refractivity (Wildman–Crippen MR) is 60.9 cm³/mol. The molecular formula is C7H4Cl3NO4S. The van der Waals surface area contributed by atoms with Crippen molar-refractivity contribution in [3.8, 4) is 0 Å². The summed E-state index contributed by atoms with van der Waals surface area (Å²) in [6.45, 7) is 1.36. The molecule has 1 aromatic carbocycles. The van der Waals surface area contributed by atoms with Crippen molar-refractivity contribution in [2.45, 2.75) is 11.8 Å². The minimum Gasteiger partial charge on any atom is -0.258 e. The molecule has 0 saturated carbocycles. The molecule has 88 valence electrons. The van der Waals surface area contributed by atoms with E-state index in [2.05, 4.69) is 0 Å². The lowest BCUT2D eigenvalue weighted by molar-refractivity contribution is -0.385. The minimum absolute atomic E-state index is 0.0942. The molecule has 0 aliphatic carbocycles. The van der Waals surface area contributed by atoms with Gasteiger partial charge in [0.25, 0.3) is 14.7 Å². The van der Waals surface area contributed by atoms with Crippen LogP contribution in [0.2, 0.25) is 10.0 Å². The second-order valence-electron chi connectivity index (χ2n) is 2.84. The number of nitro groups is 1. The quantitative estimate of drug-likeness (QED) is 0.478. The molecule has 0 aromatic heterocycles. The highest BCUT2D eigenvalue weighted by Gasteiger charge is 2.25. The van der Waals surface area contributed by atoms with Gasteiger partial charge in [-0.05, 0) is 12.5 Å². The summed E-state index contributed by atoms with van der Waals surface area (Å²) in [4.78, 5) is 9.27. The van der Waals surface area contributed by atoms with Gasteiger partial charge >= 0.3 is 0 Å². The highest BCUT2D eigenvalue weighted by Crippen LogP contribution is 2.38. The summed E-state index contributed by atoms with van der Waals surface area (Å²) in [5.74, 6) is 0. The van der Waals surface area contributed by atoms with Crippen molar-refractivity contribution in [1.29, 1.82) is 0 Å². The summed E-state index contributed by atoms with van der Waals surface area (Å²) >= 11 is 11.3. The normalized spacial score (nSPS) is 11.5. The molecule has 0 amide bonds. The Balaban J connectivity index is 3.74. The van der Waals surface area contributed by atoms with E-state index in [4.69, 9.17) is 33.9 Å². The lowest BCUT2D eigenvalue weighted by atomic mass is 10.2. The largest absolute Gasteiger partial charge is 0.289 e. The van der Waals surface area contributed by atoms with E-state index in [-0.39, 0.29) is 15.6 Å². The average Bonchev–Trinajstić information content (AvgIpc) is 2.11. The van der Waals surface area contributed by atoms with Crippen LogP contribution in [0, 0.1) is 17.0 Å². The van der Waals surface area contributed by atoms with E-state index in [1.807, 2.05) is 0 Å². The van der Waals surface area contributed by atoms with Crippen LogP contribution >= 0.6 is 33.9 Å². The fraction of sp³-hybridized carbons (Fsp3) is 0.143. The first-order chi connectivity index (χ1) is 7.16. The van der Waals surface area contributed by atoms with Crippen molar-refractivity contribution in [2.75, 3.05) is 0 Å². The van der Waals surface area contributed by atoms with Gasteiger partial charge in [-0.25, -0.2) is 8.42 Å². The third-order valence-corrected chi connectivity index (χ3v) is 4.25. The molecule has 0 atom stereocenters. The number of rotatable bonds is 2. The molecule has 5 nitrogen and oxygen atoms in total. The van der Waals surface area contributed by atoms with Crippen LogP contribution in [0.1, 0.15) is 5.56 Å². The topological polar surface area (TPSA) is 77.3 Å². The van der Waals surface area contributed by atoms with Gasteiger partial charge in [0.15, 0.2) is 0 Å². The van der Waals surface area contributed by atoms with Crippen LogP contribution in [-0.2, 0) is 9.05 Å². The Labute approximate surface area is 105 Å². The van der Waals surface area contributed by atoms with E-state index in [1.54, 1.807) is 0 Å². The van der Waals surface area contributed by atoms with Crippen LogP contribution < -0.4 is 0 Å². The Hall–Kier alpha value is -0.560. The van der Waals surface area contributed by atoms with Crippen molar-refractivity contribution in [3.05, 3.63) is 31.8 Å². The average molecular weight is 305 g/mol. The maximum Gasteiger partial charge on any atom is 0.289 e. The summed E-state index contributed by atoms with van der Waals surface area (Å²) < 4.78 is 22.2. The van der Waals surface area contributed by atoms with Gasteiger partial charge in [0, 0.05) is 16.7 Å². The highest BCUT2D eigenvalue weighted by atomic mass is 35.7. The maximum absolute atomic E-state index is 11.1. The van der Waals surface area contributed by atoms with Crippen LogP contribution in [-0.4, -0.2) is 13.3 Å². The zero-order valence-corrected chi connectivity index (χ0v) is 10.8. The van der Waals surface area contributed by atoms with E-state index >= 15 is 0 Å². The second kappa shape index (κ2) is 4.37. The zero-order valence-electron chi connectivity index (χ0n) is 7.70. The van der Waals surface area contributed by atoms with Crippen LogP contribution in [0.4, 0.5) is 5.69 Å². The second-order valence-corrected chi connectivity index (χ2v) is 6.13. The molecule has 0 fully saturated rings. The van der Waals surface area contributed by atoms with Gasteiger partial charge in [-0.3, -0.25) is 10.1 Å². The monoisotopic (exact) mass is 303 g/mol. The molecule has 9 heteroatoms. The predicted octanol–water partition coefficient (Wildman–Crippen LogP) is 3.14. The van der Waals surface area contributed by atoms with Crippen molar-refractivity contribution in [2.24, 2.45) is 0 Å². The highest BCUT2D eigenvalue weighted by molar-refractivity contribution is 8.13. The van der Waals surface area contributed by atoms with E-state index in [0.29, 0.717) is 0 Å². The molecule has 0 aliphatic rings. The van der Waals surface area contributed by atoms with Gasteiger partial charge < -0.3 is 0 Å². The molecule has 0 saturated heterocycles. The summed E-state index contributed by atoms with van der Waals surface area (Å²) in [5, 5.41) is 10.2. The van der Waals surface area contributed by atoms with Crippen LogP contribution in [0.3, 0.4) is 0 Å². The number of hydrogen-bond acceptors (Lipinski definition) is 4. The standard InChI is InChI=1S/C7H4Cl3NO4S/c1-3-6(8)4(11(12)13)2-5(7(3)9)16(10,14)15/h2H,1H3. The van der Waals surface area contributed by atoms with Crippen molar-refractivity contribution < 1.29 is 13.3 Å². The Morgan fingerprint density at radius 1 is 1.31 bits per heavy atom. The van der Waals surface area contributed by atoms with E-state index in [1.165, 1.54) is 6.92 Å². The van der Waals surface area contributed by atoms with Crippen molar-refractivity contribution in [3.63, 3.8) is 0 Å². The van der Waals surface area contributed by atoms with E-state index in [9.17, 15) is 18.5 Å². The third-order valence-electron chi connectivity index (χ3n) is 1.83. The van der Waals surface area contributed by atoms with Crippen LogP contribution in [0.25, 0.3) is 0 Å². The first-order valence-electron chi connectivity index (χ1n) is 3.74. The lowest BCUT2D eigenvalue weighted by Gasteiger charge is -2.06. The summed E-state index contributed by atoms with van der Waals surface area (Å²) in [6.07, 6.45) is 0. The van der Waals surface area contributed by atoms with Gasteiger partial charge in [0.05, 0.1) is 9.95 Å². The number of halogens is 3. The SMILES string of the molecule is Cc1c(Cl)c([N+](=O)[O-])cc(S(=O)(=O)Cl)c1Cl. The first-order valence-corrected chi connectivity index (χ1v) is 6.80. The number of benzene rings is 1. The maximum atomic E-state index is 11.1. The van der Waals surface area contributed by atoms with Crippen LogP contribution in [0.15, 0.2) is 11.0 Å². The molecule has 16 heavy (non-hydrogen) atoms. The molecule has 1 aromatic rings. The van der Waals surface area contributed by atoms with Crippen LogP contribution in [0.5, 0.6) is 0 Å². The first kappa shape index (κ1) is 13.5. The van der Waals surface area contributed by atoms with Gasteiger partial charge in [-0.2, -0.15) is 0 Å². The molecule has 0 bridgehead atoms. The van der Waals surface area contributed by atoms with Gasteiger partial charge in [-0.1, -0.05) is 23.2 Å². The number of nitro benzene ring substituents is 1. The molecule has 1 rings (SSSR count). The Morgan fingerprint density at radius 3 is 2.19 bits per heavy atom. The smallest absolute Gasteiger partial charge is 0.258 e. The number of nitrogens with zero attached hydrogens (tertiary/aromatic N) is 1. The molecule has 0 spiro atoms. The summed E-state index contributed by atoms with van der Waals surface area (Å²) in [6, 6.07) is 0.736. The van der Waals surface area contributed by atoms with Gasteiger partial charge in [0.2, 0.25) is 0 Å². The Morgan fingerprint density at radius 2 is 1.81 bits per heavy atom.